The zero-order chi connectivity index (χ0) is 20.2. The van der Waals surface area contributed by atoms with E-state index in [1.54, 1.807) is 29.0 Å². The summed E-state index contributed by atoms with van der Waals surface area (Å²) in [5.41, 5.74) is 3.91. The second kappa shape index (κ2) is 8.27. The standard InChI is InChI=1S/C24H23N3O2/c1-26(17-18-8-3-2-4-9-18)23(28)20-13-14-25-21(16-20)24(29)27-15-7-11-19-10-5-6-12-22(19)27/h2-6,8-10,12-14,16H,7,11,15,17H2,1H3. The number of para-hydroxylation sites is 1. The van der Waals surface area contributed by atoms with Crippen molar-refractivity contribution in [2.75, 3.05) is 18.5 Å². The molecule has 2 amide bonds. The van der Waals surface area contributed by atoms with Gasteiger partial charge < -0.3 is 9.80 Å². The molecular formula is C24H23N3O2. The Morgan fingerprint density at radius 2 is 1.79 bits per heavy atom. The molecule has 2 heterocycles. The van der Waals surface area contributed by atoms with E-state index in [0.717, 1.165) is 24.1 Å². The molecule has 1 aromatic heterocycles. The van der Waals surface area contributed by atoms with Crippen molar-refractivity contribution in [1.82, 2.24) is 9.88 Å². The van der Waals surface area contributed by atoms with Gasteiger partial charge in [0.1, 0.15) is 5.69 Å². The second-order valence-corrected chi connectivity index (χ2v) is 7.27. The predicted octanol–water partition coefficient (Wildman–Crippen LogP) is 3.95. The molecule has 0 radical (unpaired) electrons. The van der Waals surface area contributed by atoms with Crippen molar-refractivity contribution in [2.45, 2.75) is 19.4 Å². The van der Waals surface area contributed by atoms with Crippen molar-refractivity contribution in [2.24, 2.45) is 0 Å². The van der Waals surface area contributed by atoms with Crippen LogP contribution in [-0.2, 0) is 13.0 Å². The van der Waals surface area contributed by atoms with Gasteiger partial charge >= 0.3 is 0 Å². The number of aromatic nitrogens is 1. The molecular weight excluding hydrogens is 362 g/mol. The maximum atomic E-state index is 13.1. The number of carbonyl (C=O) groups is 2. The summed E-state index contributed by atoms with van der Waals surface area (Å²) in [4.78, 5) is 33.7. The fraction of sp³-hybridized carbons (Fsp3) is 0.208. The Balaban J connectivity index is 1.54. The summed E-state index contributed by atoms with van der Waals surface area (Å²) < 4.78 is 0. The topological polar surface area (TPSA) is 53.5 Å². The number of hydrogen-bond donors (Lipinski definition) is 0. The van der Waals surface area contributed by atoms with Crippen molar-refractivity contribution in [3.05, 3.63) is 95.3 Å². The number of pyridine rings is 1. The van der Waals surface area contributed by atoms with Crippen LogP contribution in [0, 0.1) is 0 Å². The number of rotatable bonds is 4. The average molecular weight is 385 g/mol. The van der Waals surface area contributed by atoms with Crippen molar-refractivity contribution in [1.29, 1.82) is 0 Å². The first kappa shape index (κ1) is 18.9. The van der Waals surface area contributed by atoms with E-state index >= 15 is 0 Å². The maximum Gasteiger partial charge on any atom is 0.276 e. The molecule has 0 unspecified atom stereocenters. The van der Waals surface area contributed by atoms with Crippen LogP contribution in [0.4, 0.5) is 5.69 Å². The fourth-order valence-electron chi connectivity index (χ4n) is 3.71. The summed E-state index contributed by atoms with van der Waals surface area (Å²) in [7, 11) is 1.76. The SMILES string of the molecule is CN(Cc1ccccc1)C(=O)c1ccnc(C(=O)N2CCCc3ccccc32)c1. The molecule has 0 N–H and O–H groups in total. The minimum atomic E-state index is -0.169. The molecule has 5 heteroatoms. The van der Waals surface area contributed by atoms with Crippen LogP contribution in [-0.4, -0.2) is 35.3 Å². The second-order valence-electron chi connectivity index (χ2n) is 7.27. The molecule has 0 atom stereocenters. The number of carbonyl (C=O) groups excluding carboxylic acids is 2. The lowest BCUT2D eigenvalue weighted by Crippen LogP contribution is -2.36. The van der Waals surface area contributed by atoms with Crippen molar-refractivity contribution < 1.29 is 9.59 Å². The van der Waals surface area contributed by atoms with E-state index in [4.69, 9.17) is 0 Å². The highest BCUT2D eigenvalue weighted by atomic mass is 16.2. The number of fused-ring (bicyclic) bond motifs is 1. The van der Waals surface area contributed by atoms with Gasteiger partial charge in [-0.2, -0.15) is 0 Å². The minimum absolute atomic E-state index is 0.135. The fourth-order valence-corrected chi connectivity index (χ4v) is 3.71. The van der Waals surface area contributed by atoms with Gasteiger partial charge in [-0.25, -0.2) is 0 Å². The van der Waals surface area contributed by atoms with E-state index in [1.807, 2.05) is 48.5 Å². The van der Waals surface area contributed by atoms with Crippen molar-refractivity contribution in [3.8, 4) is 0 Å². The van der Waals surface area contributed by atoms with Gasteiger partial charge in [-0.1, -0.05) is 48.5 Å². The van der Waals surface area contributed by atoms with Gasteiger partial charge in [0.25, 0.3) is 11.8 Å². The Hall–Kier alpha value is -3.47. The van der Waals surface area contributed by atoms with E-state index in [2.05, 4.69) is 11.1 Å². The normalized spacial score (nSPS) is 12.9. The van der Waals surface area contributed by atoms with Gasteiger partial charge in [-0.15, -0.1) is 0 Å². The molecule has 5 nitrogen and oxygen atoms in total. The van der Waals surface area contributed by atoms with E-state index in [0.29, 0.717) is 24.3 Å². The molecule has 1 aliphatic rings. The van der Waals surface area contributed by atoms with Gasteiger partial charge in [-0.05, 0) is 42.2 Å². The molecule has 29 heavy (non-hydrogen) atoms. The highest BCUT2D eigenvalue weighted by molar-refractivity contribution is 6.06. The molecule has 1 aliphatic heterocycles. The lowest BCUT2D eigenvalue weighted by molar-refractivity contribution is 0.0785. The minimum Gasteiger partial charge on any atom is -0.337 e. The molecule has 0 spiro atoms. The quantitative estimate of drug-likeness (QED) is 0.683. The lowest BCUT2D eigenvalue weighted by Gasteiger charge is -2.29. The van der Waals surface area contributed by atoms with Crippen LogP contribution in [0.5, 0.6) is 0 Å². The Labute approximate surface area is 170 Å². The van der Waals surface area contributed by atoms with E-state index in [1.165, 1.54) is 11.8 Å². The van der Waals surface area contributed by atoms with Crippen LogP contribution in [0.1, 0.15) is 38.4 Å². The third-order valence-corrected chi connectivity index (χ3v) is 5.19. The summed E-state index contributed by atoms with van der Waals surface area (Å²) in [5.74, 6) is -0.304. The Morgan fingerprint density at radius 1 is 1.03 bits per heavy atom. The monoisotopic (exact) mass is 385 g/mol. The van der Waals surface area contributed by atoms with Crippen molar-refractivity contribution in [3.63, 3.8) is 0 Å². The van der Waals surface area contributed by atoms with Crippen LogP contribution in [0.2, 0.25) is 0 Å². The zero-order valence-corrected chi connectivity index (χ0v) is 16.4. The largest absolute Gasteiger partial charge is 0.337 e. The van der Waals surface area contributed by atoms with Crippen molar-refractivity contribution >= 4 is 17.5 Å². The summed E-state index contributed by atoms with van der Waals surface area (Å²) in [6.45, 7) is 1.16. The number of nitrogens with zero attached hydrogens (tertiary/aromatic N) is 3. The Bertz CT molecular complexity index is 1030. The van der Waals surface area contributed by atoms with E-state index in [-0.39, 0.29) is 11.8 Å². The molecule has 0 fully saturated rings. The zero-order valence-electron chi connectivity index (χ0n) is 16.4. The van der Waals surface area contributed by atoms with Gasteiger partial charge in [-0.3, -0.25) is 14.6 Å². The van der Waals surface area contributed by atoms with E-state index < -0.39 is 0 Å². The molecule has 2 aromatic carbocycles. The third kappa shape index (κ3) is 4.04. The summed E-state index contributed by atoms with van der Waals surface area (Å²) >= 11 is 0. The smallest absolute Gasteiger partial charge is 0.276 e. The number of hydrogen-bond acceptors (Lipinski definition) is 3. The summed E-state index contributed by atoms with van der Waals surface area (Å²) in [6, 6.07) is 21.0. The van der Waals surface area contributed by atoms with Gasteiger partial charge in [0.05, 0.1) is 0 Å². The maximum absolute atomic E-state index is 13.1. The van der Waals surface area contributed by atoms with Crippen LogP contribution in [0.25, 0.3) is 0 Å². The van der Waals surface area contributed by atoms with Gasteiger partial charge in [0.15, 0.2) is 0 Å². The highest BCUT2D eigenvalue weighted by Crippen LogP contribution is 2.28. The van der Waals surface area contributed by atoms with Crippen LogP contribution in [0.3, 0.4) is 0 Å². The van der Waals surface area contributed by atoms with Gasteiger partial charge in [0.2, 0.25) is 0 Å². The molecule has 0 saturated heterocycles. The van der Waals surface area contributed by atoms with Crippen LogP contribution in [0.15, 0.2) is 72.9 Å². The molecule has 0 aliphatic carbocycles. The molecule has 0 bridgehead atoms. The Morgan fingerprint density at radius 3 is 2.62 bits per heavy atom. The highest BCUT2D eigenvalue weighted by Gasteiger charge is 2.25. The lowest BCUT2D eigenvalue weighted by atomic mass is 10.0. The first-order valence-electron chi connectivity index (χ1n) is 9.79. The first-order chi connectivity index (χ1) is 14.1. The third-order valence-electron chi connectivity index (χ3n) is 5.19. The number of benzene rings is 2. The number of amides is 2. The molecule has 0 saturated carbocycles. The summed E-state index contributed by atoms with van der Waals surface area (Å²) in [5, 5.41) is 0. The Kier molecular flexibility index (Phi) is 5.38. The number of anilines is 1. The molecule has 146 valence electrons. The average Bonchev–Trinajstić information content (AvgIpc) is 2.78. The number of aryl methyl sites for hydroxylation is 1. The van der Waals surface area contributed by atoms with Crippen LogP contribution >= 0.6 is 0 Å². The molecule has 4 rings (SSSR count). The predicted molar refractivity (Wildman–Crippen MR) is 113 cm³/mol. The van der Waals surface area contributed by atoms with Crippen LogP contribution < -0.4 is 4.90 Å². The van der Waals surface area contributed by atoms with Gasteiger partial charge in [0, 0.05) is 37.6 Å². The summed E-state index contributed by atoms with van der Waals surface area (Å²) in [6.07, 6.45) is 3.42. The molecule has 3 aromatic rings. The van der Waals surface area contributed by atoms with E-state index in [9.17, 15) is 9.59 Å². The first-order valence-corrected chi connectivity index (χ1v) is 9.79.